The zero-order valence-corrected chi connectivity index (χ0v) is 14.5. The molecule has 4 rings (SSSR count). The summed E-state index contributed by atoms with van der Waals surface area (Å²) in [6.07, 6.45) is 8.72. The number of benzene rings is 1. The van der Waals surface area contributed by atoms with Gasteiger partial charge >= 0.3 is 0 Å². The number of nitrogens with zero attached hydrogens (tertiary/aromatic N) is 1. The van der Waals surface area contributed by atoms with E-state index in [1.165, 1.54) is 11.1 Å². The zero-order chi connectivity index (χ0) is 16.0. The fourth-order valence-electron chi connectivity index (χ4n) is 4.30. The molecule has 2 heterocycles. The Kier molecular flexibility index (Phi) is 3.98. The number of thioether (sulfide) groups is 1. The Morgan fingerprint density at radius 2 is 2.26 bits per heavy atom. The Bertz CT molecular complexity index is 764. The molecule has 0 amide bonds. The molecule has 1 aliphatic carbocycles. The third-order valence-electron chi connectivity index (χ3n) is 5.16. The maximum atomic E-state index is 14.7. The third kappa shape index (κ3) is 2.43. The number of rotatable bonds is 4. The molecule has 0 fully saturated rings. The SMILES string of the molecule is CCCN1C[C@H](CSC)C=C2c3c(F)ccc4[nH]cc(c34)C[C@H]21. The van der Waals surface area contributed by atoms with E-state index < -0.39 is 0 Å². The first-order valence-electron chi connectivity index (χ1n) is 8.46. The number of aromatic nitrogens is 1. The molecule has 4 heteroatoms. The van der Waals surface area contributed by atoms with Crippen LogP contribution in [0.4, 0.5) is 4.39 Å². The standard InChI is InChI=1S/C19H23FN2S/c1-3-6-22-10-12(11-23-2)7-14-17(22)8-13-9-21-16-5-4-15(20)19(14)18(13)16/h4-5,7,9,12,17,21H,3,6,8,10-11H2,1-2H3/t12-,17-/m1/s1. The molecule has 0 unspecified atom stereocenters. The van der Waals surface area contributed by atoms with Gasteiger partial charge in [-0.05, 0) is 54.8 Å². The summed E-state index contributed by atoms with van der Waals surface area (Å²) in [7, 11) is 0. The molecule has 0 saturated heterocycles. The van der Waals surface area contributed by atoms with Crippen LogP contribution >= 0.6 is 11.8 Å². The molecule has 2 aromatic rings. The van der Waals surface area contributed by atoms with Crippen LogP contribution in [0.3, 0.4) is 0 Å². The monoisotopic (exact) mass is 330 g/mol. The molecule has 2 atom stereocenters. The van der Waals surface area contributed by atoms with Crippen molar-refractivity contribution >= 4 is 28.2 Å². The highest BCUT2D eigenvalue weighted by atomic mass is 32.2. The van der Waals surface area contributed by atoms with Crippen LogP contribution in [0.5, 0.6) is 0 Å². The van der Waals surface area contributed by atoms with Gasteiger partial charge in [0.05, 0.1) is 0 Å². The maximum absolute atomic E-state index is 14.7. The molecule has 1 aromatic carbocycles. The number of nitrogens with one attached hydrogen (secondary N) is 1. The maximum Gasteiger partial charge on any atom is 0.131 e. The lowest BCUT2D eigenvalue weighted by atomic mass is 9.79. The number of aromatic amines is 1. The van der Waals surface area contributed by atoms with E-state index >= 15 is 0 Å². The van der Waals surface area contributed by atoms with Crippen molar-refractivity contribution in [2.24, 2.45) is 5.92 Å². The van der Waals surface area contributed by atoms with Crippen LogP contribution < -0.4 is 0 Å². The minimum absolute atomic E-state index is 0.0736. The van der Waals surface area contributed by atoms with E-state index in [9.17, 15) is 4.39 Å². The van der Waals surface area contributed by atoms with Gasteiger partial charge in [0.1, 0.15) is 5.82 Å². The van der Waals surface area contributed by atoms with E-state index in [-0.39, 0.29) is 5.82 Å². The largest absolute Gasteiger partial charge is 0.361 e. The lowest BCUT2D eigenvalue weighted by Gasteiger charge is -2.42. The second kappa shape index (κ2) is 5.99. The molecular weight excluding hydrogens is 307 g/mol. The summed E-state index contributed by atoms with van der Waals surface area (Å²) in [5.41, 5.74) is 4.40. The fourth-order valence-corrected chi connectivity index (χ4v) is 4.93. The summed E-state index contributed by atoms with van der Waals surface area (Å²) in [4.78, 5) is 5.90. The Labute approximate surface area is 141 Å². The van der Waals surface area contributed by atoms with Crippen molar-refractivity contribution in [3.63, 3.8) is 0 Å². The number of H-pyrrole nitrogens is 1. The van der Waals surface area contributed by atoms with Crippen molar-refractivity contribution in [3.05, 3.63) is 41.3 Å². The van der Waals surface area contributed by atoms with E-state index in [0.717, 1.165) is 48.2 Å². The lowest BCUT2D eigenvalue weighted by molar-refractivity contribution is 0.206. The van der Waals surface area contributed by atoms with Crippen molar-refractivity contribution in [3.8, 4) is 0 Å². The molecule has 0 bridgehead atoms. The summed E-state index contributed by atoms with van der Waals surface area (Å²) in [5, 5.41) is 1.11. The van der Waals surface area contributed by atoms with Gasteiger partial charge in [-0.25, -0.2) is 4.39 Å². The first kappa shape index (κ1) is 15.3. The van der Waals surface area contributed by atoms with Gasteiger partial charge in [-0.1, -0.05) is 13.0 Å². The van der Waals surface area contributed by atoms with Crippen molar-refractivity contribution in [1.82, 2.24) is 9.88 Å². The van der Waals surface area contributed by atoms with Gasteiger partial charge in [0.2, 0.25) is 0 Å². The molecule has 1 N–H and O–H groups in total. The van der Waals surface area contributed by atoms with Gasteiger partial charge in [0, 0.05) is 41.0 Å². The van der Waals surface area contributed by atoms with Crippen LogP contribution in [0.25, 0.3) is 16.5 Å². The molecule has 0 spiro atoms. The van der Waals surface area contributed by atoms with Crippen LogP contribution in [0.1, 0.15) is 24.5 Å². The van der Waals surface area contributed by atoms with Crippen LogP contribution in [0.2, 0.25) is 0 Å². The van der Waals surface area contributed by atoms with E-state index in [2.05, 4.69) is 35.3 Å². The molecule has 2 aliphatic rings. The normalized spacial score (nSPS) is 23.9. The van der Waals surface area contributed by atoms with Gasteiger partial charge in [0.15, 0.2) is 0 Å². The predicted octanol–water partition coefficient (Wildman–Crippen LogP) is 4.32. The fraction of sp³-hybridized carbons (Fsp3) is 0.474. The van der Waals surface area contributed by atoms with Crippen LogP contribution in [0.15, 0.2) is 24.4 Å². The number of fused-ring (bicyclic) bond motifs is 2. The molecule has 1 aliphatic heterocycles. The molecular formula is C19H23FN2S. The highest BCUT2D eigenvalue weighted by Crippen LogP contribution is 2.42. The Morgan fingerprint density at radius 3 is 3.04 bits per heavy atom. The lowest BCUT2D eigenvalue weighted by Crippen LogP contribution is -2.46. The molecule has 0 saturated carbocycles. The topological polar surface area (TPSA) is 19.0 Å². The van der Waals surface area contributed by atoms with Crippen molar-refractivity contribution in [1.29, 1.82) is 0 Å². The zero-order valence-electron chi connectivity index (χ0n) is 13.7. The Morgan fingerprint density at radius 1 is 1.39 bits per heavy atom. The first-order valence-corrected chi connectivity index (χ1v) is 9.85. The number of hydrogen-bond donors (Lipinski definition) is 1. The van der Waals surface area contributed by atoms with E-state index in [4.69, 9.17) is 0 Å². The molecule has 23 heavy (non-hydrogen) atoms. The molecule has 1 aromatic heterocycles. The van der Waals surface area contributed by atoms with Gasteiger partial charge in [0.25, 0.3) is 0 Å². The summed E-state index contributed by atoms with van der Waals surface area (Å²) in [6, 6.07) is 3.81. The smallest absolute Gasteiger partial charge is 0.131 e. The van der Waals surface area contributed by atoms with E-state index in [1.54, 1.807) is 6.07 Å². The van der Waals surface area contributed by atoms with Crippen LogP contribution in [-0.2, 0) is 6.42 Å². The Balaban J connectivity index is 1.88. The van der Waals surface area contributed by atoms with Crippen LogP contribution in [0, 0.1) is 11.7 Å². The number of hydrogen-bond acceptors (Lipinski definition) is 2. The second-order valence-electron chi connectivity index (χ2n) is 6.71. The molecule has 122 valence electrons. The average molecular weight is 330 g/mol. The predicted molar refractivity (Wildman–Crippen MR) is 97.5 cm³/mol. The summed E-state index contributed by atoms with van der Waals surface area (Å²) in [6.45, 7) is 4.41. The minimum atomic E-state index is -0.0736. The van der Waals surface area contributed by atoms with Crippen molar-refractivity contribution < 1.29 is 4.39 Å². The Hall–Kier alpha value is -1.26. The summed E-state index contributed by atoms with van der Waals surface area (Å²) in [5.74, 6) is 1.54. The number of halogens is 1. The minimum Gasteiger partial charge on any atom is -0.361 e. The van der Waals surface area contributed by atoms with Crippen LogP contribution in [-0.4, -0.2) is 41.0 Å². The second-order valence-corrected chi connectivity index (χ2v) is 7.62. The quantitative estimate of drug-likeness (QED) is 0.900. The molecule has 2 nitrogen and oxygen atoms in total. The van der Waals surface area contributed by atoms with Crippen molar-refractivity contribution in [2.45, 2.75) is 25.8 Å². The van der Waals surface area contributed by atoms with E-state index in [1.807, 2.05) is 17.8 Å². The van der Waals surface area contributed by atoms with E-state index in [0.29, 0.717) is 12.0 Å². The summed E-state index contributed by atoms with van der Waals surface area (Å²) < 4.78 is 14.7. The van der Waals surface area contributed by atoms with Gasteiger partial charge in [-0.2, -0.15) is 11.8 Å². The highest BCUT2D eigenvalue weighted by Gasteiger charge is 2.36. The first-order chi connectivity index (χ1) is 11.2. The van der Waals surface area contributed by atoms with Gasteiger partial charge < -0.3 is 4.98 Å². The molecule has 0 radical (unpaired) electrons. The average Bonchev–Trinajstić information content (AvgIpc) is 2.95. The highest BCUT2D eigenvalue weighted by molar-refractivity contribution is 7.98. The van der Waals surface area contributed by atoms with Gasteiger partial charge in [-0.15, -0.1) is 0 Å². The third-order valence-corrected chi connectivity index (χ3v) is 5.92. The van der Waals surface area contributed by atoms with Gasteiger partial charge in [-0.3, -0.25) is 4.90 Å². The van der Waals surface area contributed by atoms with Crippen molar-refractivity contribution in [2.75, 3.05) is 25.1 Å². The summed E-state index contributed by atoms with van der Waals surface area (Å²) >= 11 is 1.88.